The van der Waals surface area contributed by atoms with E-state index in [1.807, 2.05) is 12.1 Å². The molecule has 0 bridgehead atoms. The maximum absolute atomic E-state index is 10.6. The molecule has 1 N–H and O–H groups in total. The van der Waals surface area contributed by atoms with Crippen molar-refractivity contribution in [1.29, 1.82) is 0 Å². The Kier molecular flexibility index (Phi) is 5.49. The number of nitrogens with one attached hydrogen (secondary N) is 1. The molecule has 5 heteroatoms. The number of nitro groups is 1. The molecule has 0 amide bonds. The maximum Gasteiger partial charge on any atom is 0.269 e. The topological polar surface area (TPSA) is 64.4 Å². The van der Waals surface area contributed by atoms with Crippen molar-refractivity contribution in [3.63, 3.8) is 0 Å². The van der Waals surface area contributed by atoms with Crippen molar-refractivity contribution in [2.75, 3.05) is 13.7 Å². The molecule has 1 saturated carbocycles. The van der Waals surface area contributed by atoms with Gasteiger partial charge in [-0.05, 0) is 44.2 Å². The van der Waals surface area contributed by atoms with E-state index in [4.69, 9.17) is 4.74 Å². The van der Waals surface area contributed by atoms with Crippen LogP contribution in [0.15, 0.2) is 24.3 Å². The second-order valence-electron chi connectivity index (χ2n) is 5.34. The molecule has 0 spiro atoms. The molecule has 0 aromatic heterocycles. The number of non-ortho nitro benzene ring substituents is 1. The van der Waals surface area contributed by atoms with Crippen LogP contribution in [0.25, 0.3) is 0 Å². The van der Waals surface area contributed by atoms with Gasteiger partial charge in [0.15, 0.2) is 0 Å². The first kappa shape index (κ1) is 14.9. The lowest BCUT2D eigenvalue weighted by Gasteiger charge is -2.28. The molecule has 0 heterocycles. The second-order valence-corrected chi connectivity index (χ2v) is 5.34. The van der Waals surface area contributed by atoms with Crippen LogP contribution >= 0.6 is 0 Å². The van der Waals surface area contributed by atoms with Crippen LogP contribution in [0.5, 0.6) is 0 Å². The van der Waals surface area contributed by atoms with Crippen LogP contribution in [0, 0.1) is 10.1 Å². The normalized spacial score (nSPS) is 22.6. The van der Waals surface area contributed by atoms with Gasteiger partial charge in [0.05, 0.1) is 11.0 Å². The van der Waals surface area contributed by atoms with E-state index in [2.05, 4.69) is 5.32 Å². The van der Waals surface area contributed by atoms with Crippen molar-refractivity contribution in [2.24, 2.45) is 0 Å². The van der Waals surface area contributed by atoms with Crippen LogP contribution in [-0.4, -0.2) is 30.7 Å². The van der Waals surface area contributed by atoms with E-state index in [-0.39, 0.29) is 10.6 Å². The average molecular weight is 278 g/mol. The lowest BCUT2D eigenvalue weighted by atomic mass is 9.93. The first-order valence-corrected chi connectivity index (χ1v) is 7.18. The van der Waals surface area contributed by atoms with Gasteiger partial charge in [-0.3, -0.25) is 10.1 Å². The Morgan fingerprint density at radius 1 is 1.25 bits per heavy atom. The minimum atomic E-state index is -0.365. The predicted octanol–water partition coefficient (Wildman–Crippen LogP) is 2.68. The fourth-order valence-electron chi connectivity index (χ4n) is 2.71. The molecule has 1 fully saturated rings. The minimum Gasteiger partial charge on any atom is -0.381 e. The highest BCUT2D eigenvalue weighted by atomic mass is 16.6. The molecular weight excluding hydrogens is 256 g/mol. The molecule has 1 aromatic carbocycles. The maximum atomic E-state index is 10.6. The fraction of sp³-hybridized carbons (Fsp3) is 0.600. The van der Waals surface area contributed by atoms with Crippen molar-refractivity contribution in [1.82, 2.24) is 5.32 Å². The van der Waals surface area contributed by atoms with E-state index in [1.165, 1.54) is 12.8 Å². The summed E-state index contributed by atoms with van der Waals surface area (Å²) in [6, 6.07) is 7.39. The number of ether oxygens (including phenoxy) is 1. The quantitative estimate of drug-likeness (QED) is 0.642. The fourth-order valence-corrected chi connectivity index (χ4v) is 2.71. The van der Waals surface area contributed by atoms with Gasteiger partial charge in [0.2, 0.25) is 0 Å². The van der Waals surface area contributed by atoms with Crippen molar-refractivity contribution < 1.29 is 9.66 Å². The SMILES string of the molecule is COC1CCC(NCCc2ccc([N+](=O)[O-])cc2)CC1. The summed E-state index contributed by atoms with van der Waals surface area (Å²) in [6.45, 7) is 0.917. The van der Waals surface area contributed by atoms with Gasteiger partial charge in [-0.2, -0.15) is 0 Å². The van der Waals surface area contributed by atoms with Gasteiger partial charge in [-0.1, -0.05) is 12.1 Å². The number of benzene rings is 1. The molecule has 110 valence electrons. The largest absolute Gasteiger partial charge is 0.381 e. The van der Waals surface area contributed by atoms with Crippen LogP contribution in [0.2, 0.25) is 0 Å². The first-order chi connectivity index (χ1) is 9.69. The Morgan fingerprint density at radius 3 is 2.45 bits per heavy atom. The van der Waals surface area contributed by atoms with Gasteiger partial charge >= 0.3 is 0 Å². The Bertz CT molecular complexity index is 425. The molecule has 1 aliphatic carbocycles. The molecule has 0 unspecified atom stereocenters. The smallest absolute Gasteiger partial charge is 0.269 e. The Labute approximate surface area is 119 Å². The van der Waals surface area contributed by atoms with E-state index >= 15 is 0 Å². The summed E-state index contributed by atoms with van der Waals surface area (Å²) in [4.78, 5) is 10.2. The summed E-state index contributed by atoms with van der Waals surface area (Å²) in [6.07, 6.45) is 5.93. The Hall–Kier alpha value is -1.46. The third kappa shape index (κ3) is 4.28. The summed E-state index contributed by atoms with van der Waals surface area (Å²) >= 11 is 0. The molecule has 1 aliphatic rings. The van der Waals surface area contributed by atoms with Gasteiger partial charge in [0, 0.05) is 25.3 Å². The summed E-state index contributed by atoms with van der Waals surface area (Å²) in [5, 5.41) is 14.1. The van der Waals surface area contributed by atoms with Gasteiger partial charge < -0.3 is 10.1 Å². The molecule has 1 aromatic rings. The third-order valence-electron chi connectivity index (χ3n) is 4.00. The van der Waals surface area contributed by atoms with E-state index in [9.17, 15) is 10.1 Å². The molecule has 20 heavy (non-hydrogen) atoms. The second kappa shape index (κ2) is 7.36. The lowest BCUT2D eigenvalue weighted by molar-refractivity contribution is -0.384. The van der Waals surface area contributed by atoms with Crippen LogP contribution < -0.4 is 5.32 Å². The van der Waals surface area contributed by atoms with E-state index in [1.54, 1.807) is 19.2 Å². The highest BCUT2D eigenvalue weighted by Crippen LogP contribution is 2.20. The van der Waals surface area contributed by atoms with Crippen LogP contribution in [0.1, 0.15) is 31.2 Å². The van der Waals surface area contributed by atoms with Crippen molar-refractivity contribution in [3.8, 4) is 0 Å². The van der Waals surface area contributed by atoms with Gasteiger partial charge in [0.1, 0.15) is 0 Å². The van der Waals surface area contributed by atoms with Crippen molar-refractivity contribution in [3.05, 3.63) is 39.9 Å². The average Bonchev–Trinajstić information content (AvgIpc) is 2.48. The molecule has 0 atom stereocenters. The number of hydrogen-bond donors (Lipinski definition) is 1. The number of hydrogen-bond acceptors (Lipinski definition) is 4. The molecule has 2 rings (SSSR count). The van der Waals surface area contributed by atoms with Crippen molar-refractivity contribution in [2.45, 2.75) is 44.2 Å². The summed E-state index contributed by atoms with van der Waals surface area (Å²) in [7, 11) is 1.78. The van der Waals surface area contributed by atoms with E-state index in [0.29, 0.717) is 12.1 Å². The number of rotatable bonds is 6. The zero-order chi connectivity index (χ0) is 14.4. The zero-order valence-electron chi connectivity index (χ0n) is 11.9. The molecule has 5 nitrogen and oxygen atoms in total. The third-order valence-corrected chi connectivity index (χ3v) is 4.00. The monoisotopic (exact) mass is 278 g/mol. The van der Waals surface area contributed by atoms with Crippen LogP contribution in [0.4, 0.5) is 5.69 Å². The van der Waals surface area contributed by atoms with E-state index < -0.39 is 0 Å². The minimum absolute atomic E-state index is 0.152. The molecular formula is C15H22N2O3. The van der Waals surface area contributed by atoms with Crippen molar-refractivity contribution >= 4 is 5.69 Å². The van der Waals surface area contributed by atoms with E-state index in [0.717, 1.165) is 31.4 Å². The predicted molar refractivity (Wildman–Crippen MR) is 77.9 cm³/mol. The zero-order valence-corrected chi connectivity index (χ0v) is 11.9. The van der Waals surface area contributed by atoms with Gasteiger partial charge in [-0.25, -0.2) is 0 Å². The van der Waals surface area contributed by atoms with Crippen LogP contribution in [0.3, 0.4) is 0 Å². The summed E-state index contributed by atoms with van der Waals surface area (Å²) in [5.41, 5.74) is 1.29. The Balaban J connectivity index is 1.69. The molecule has 0 saturated heterocycles. The first-order valence-electron chi connectivity index (χ1n) is 7.18. The highest BCUT2D eigenvalue weighted by molar-refractivity contribution is 5.32. The van der Waals surface area contributed by atoms with Crippen LogP contribution in [-0.2, 0) is 11.2 Å². The van der Waals surface area contributed by atoms with Gasteiger partial charge in [0.25, 0.3) is 5.69 Å². The molecule has 0 radical (unpaired) electrons. The lowest BCUT2D eigenvalue weighted by Crippen LogP contribution is -2.36. The Morgan fingerprint density at radius 2 is 1.90 bits per heavy atom. The summed E-state index contributed by atoms with van der Waals surface area (Å²) < 4.78 is 5.36. The number of nitro benzene ring substituents is 1. The highest BCUT2D eigenvalue weighted by Gasteiger charge is 2.19. The standard InChI is InChI=1S/C15H22N2O3/c1-20-15-8-4-13(5-9-15)16-11-10-12-2-6-14(7-3-12)17(18)19/h2-3,6-7,13,15-16H,4-5,8-11H2,1H3. The molecule has 0 aliphatic heterocycles. The number of methoxy groups -OCH3 is 1. The van der Waals surface area contributed by atoms with Gasteiger partial charge in [-0.15, -0.1) is 0 Å². The summed E-state index contributed by atoms with van der Waals surface area (Å²) in [5.74, 6) is 0. The number of nitrogens with zero attached hydrogens (tertiary/aromatic N) is 1.